The molecule has 0 saturated heterocycles. The number of phenolic OH excluding ortho intramolecular Hbond substituents is 1. The number of amides is 1. The molecular weight excluding hydrogens is 328 g/mol. The second-order valence-electron chi connectivity index (χ2n) is 6.41. The van der Waals surface area contributed by atoms with E-state index < -0.39 is 0 Å². The summed E-state index contributed by atoms with van der Waals surface area (Å²) in [7, 11) is 0. The molecule has 1 aromatic heterocycles. The van der Waals surface area contributed by atoms with Crippen LogP contribution in [-0.2, 0) is 11.2 Å². The Morgan fingerprint density at radius 3 is 2.73 bits per heavy atom. The number of aromatic nitrogens is 1. The first-order valence-electron chi connectivity index (χ1n) is 9.13. The van der Waals surface area contributed by atoms with Crippen LogP contribution in [0.1, 0.15) is 45.1 Å². The van der Waals surface area contributed by atoms with Crippen LogP contribution in [0, 0.1) is 0 Å². The van der Waals surface area contributed by atoms with Gasteiger partial charge < -0.3 is 14.8 Å². The van der Waals surface area contributed by atoms with E-state index in [9.17, 15) is 9.90 Å². The number of aromatic hydroxyl groups is 1. The van der Waals surface area contributed by atoms with Crippen molar-refractivity contribution in [3.05, 3.63) is 42.0 Å². The number of carbonyl (C=O) groups is 1. The lowest BCUT2D eigenvalue weighted by Gasteiger charge is -2.07. The number of oxazole rings is 1. The summed E-state index contributed by atoms with van der Waals surface area (Å²) in [5.41, 5.74) is 3.71. The molecule has 136 valence electrons. The van der Waals surface area contributed by atoms with Crippen LogP contribution in [-0.4, -0.2) is 16.0 Å². The molecule has 0 unspecified atom stereocenters. The van der Waals surface area contributed by atoms with Crippen LogP contribution in [0.15, 0.2) is 40.8 Å². The summed E-state index contributed by atoms with van der Waals surface area (Å²) in [5, 5.41) is 13.2. The van der Waals surface area contributed by atoms with E-state index in [1.165, 1.54) is 11.6 Å². The number of nitrogens with one attached hydrogen (secondary N) is 1. The van der Waals surface area contributed by atoms with E-state index in [2.05, 4.69) is 24.1 Å². The average Bonchev–Trinajstić information content (AvgIpc) is 3.04. The summed E-state index contributed by atoms with van der Waals surface area (Å²) in [6.45, 7) is 4.19. The zero-order valence-corrected chi connectivity index (χ0v) is 15.2. The van der Waals surface area contributed by atoms with Gasteiger partial charge >= 0.3 is 0 Å². The molecule has 1 amide bonds. The Labute approximate surface area is 153 Å². The molecule has 0 aliphatic heterocycles. The Bertz CT molecular complexity index is 915. The standard InChI is InChI=1S/C21H24N2O3/c1-3-5-6-7-20(25)22-15-9-10-16(18(24)13-15)21-23-17-12-14(4-2)8-11-19(17)26-21/h8-13,24H,3-7H2,1-2H3,(H,22,25). The van der Waals surface area contributed by atoms with Crippen LogP contribution in [0.4, 0.5) is 5.69 Å². The van der Waals surface area contributed by atoms with Crippen LogP contribution >= 0.6 is 0 Å². The summed E-state index contributed by atoms with van der Waals surface area (Å²) >= 11 is 0. The zero-order chi connectivity index (χ0) is 18.5. The van der Waals surface area contributed by atoms with Gasteiger partial charge in [-0.05, 0) is 42.7 Å². The largest absolute Gasteiger partial charge is 0.507 e. The molecule has 26 heavy (non-hydrogen) atoms. The maximum atomic E-state index is 11.9. The van der Waals surface area contributed by atoms with Gasteiger partial charge in [-0.2, -0.15) is 0 Å². The maximum Gasteiger partial charge on any atom is 0.231 e. The van der Waals surface area contributed by atoms with Gasteiger partial charge in [-0.3, -0.25) is 4.79 Å². The van der Waals surface area contributed by atoms with E-state index in [4.69, 9.17) is 4.42 Å². The number of rotatable bonds is 7. The number of hydrogen-bond donors (Lipinski definition) is 2. The van der Waals surface area contributed by atoms with Crippen molar-refractivity contribution in [2.24, 2.45) is 0 Å². The molecule has 2 N–H and O–H groups in total. The van der Waals surface area contributed by atoms with Crippen LogP contribution in [0.25, 0.3) is 22.6 Å². The fourth-order valence-corrected chi connectivity index (χ4v) is 2.86. The molecule has 0 atom stereocenters. The summed E-state index contributed by atoms with van der Waals surface area (Å²) in [5.74, 6) is 0.352. The second kappa shape index (κ2) is 8.04. The lowest BCUT2D eigenvalue weighted by molar-refractivity contribution is -0.116. The molecule has 0 spiro atoms. The molecular formula is C21H24N2O3. The third-order valence-corrected chi connectivity index (χ3v) is 4.38. The molecule has 0 fully saturated rings. The highest BCUT2D eigenvalue weighted by Crippen LogP contribution is 2.33. The van der Waals surface area contributed by atoms with E-state index in [0.29, 0.717) is 29.1 Å². The minimum Gasteiger partial charge on any atom is -0.507 e. The Hall–Kier alpha value is -2.82. The minimum atomic E-state index is -0.0421. The lowest BCUT2D eigenvalue weighted by atomic mass is 10.1. The number of unbranched alkanes of at least 4 members (excludes halogenated alkanes) is 2. The SMILES string of the molecule is CCCCCC(=O)Nc1ccc(-c2nc3cc(CC)ccc3o2)c(O)c1. The highest BCUT2D eigenvalue weighted by molar-refractivity contribution is 5.91. The summed E-state index contributed by atoms with van der Waals surface area (Å²) in [4.78, 5) is 16.4. The lowest BCUT2D eigenvalue weighted by Crippen LogP contribution is -2.10. The number of hydrogen-bond acceptors (Lipinski definition) is 4. The Kier molecular flexibility index (Phi) is 5.56. The Balaban J connectivity index is 1.78. The van der Waals surface area contributed by atoms with Gasteiger partial charge in [0.05, 0.1) is 5.56 Å². The number of phenols is 1. The van der Waals surface area contributed by atoms with E-state index in [1.807, 2.05) is 18.2 Å². The molecule has 0 radical (unpaired) electrons. The summed E-state index contributed by atoms with van der Waals surface area (Å²) < 4.78 is 5.76. The van der Waals surface area contributed by atoms with E-state index in [1.54, 1.807) is 12.1 Å². The highest BCUT2D eigenvalue weighted by Gasteiger charge is 2.14. The van der Waals surface area contributed by atoms with Gasteiger partial charge in [-0.15, -0.1) is 0 Å². The molecule has 5 nitrogen and oxygen atoms in total. The third-order valence-electron chi connectivity index (χ3n) is 4.38. The molecule has 0 aliphatic rings. The van der Waals surface area contributed by atoms with Gasteiger partial charge in [-0.25, -0.2) is 4.98 Å². The molecule has 1 heterocycles. The molecule has 0 aliphatic carbocycles. The van der Waals surface area contributed by atoms with Crippen LogP contribution in [0.5, 0.6) is 5.75 Å². The topological polar surface area (TPSA) is 75.4 Å². The van der Waals surface area contributed by atoms with Crippen LogP contribution in [0.3, 0.4) is 0 Å². The van der Waals surface area contributed by atoms with Crippen molar-refractivity contribution in [1.82, 2.24) is 4.98 Å². The van der Waals surface area contributed by atoms with Gasteiger partial charge in [0.1, 0.15) is 11.3 Å². The van der Waals surface area contributed by atoms with Gasteiger partial charge in [0, 0.05) is 18.2 Å². The number of fused-ring (bicyclic) bond motifs is 1. The van der Waals surface area contributed by atoms with Crippen LogP contribution in [0.2, 0.25) is 0 Å². The number of carbonyl (C=O) groups excluding carboxylic acids is 1. The number of benzene rings is 2. The average molecular weight is 352 g/mol. The van der Waals surface area contributed by atoms with Crippen molar-refractivity contribution >= 4 is 22.7 Å². The molecule has 0 saturated carbocycles. The molecule has 5 heteroatoms. The van der Waals surface area contributed by atoms with E-state index in [-0.39, 0.29) is 11.7 Å². The first kappa shape index (κ1) is 18.0. The highest BCUT2D eigenvalue weighted by atomic mass is 16.3. The smallest absolute Gasteiger partial charge is 0.231 e. The molecule has 2 aromatic carbocycles. The fourth-order valence-electron chi connectivity index (χ4n) is 2.86. The van der Waals surface area contributed by atoms with Gasteiger partial charge in [0.25, 0.3) is 0 Å². The summed E-state index contributed by atoms with van der Waals surface area (Å²) in [6, 6.07) is 10.9. The predicted octanol–water partition coefficient (Wildman–Crippen LogP) is 5.28. The Morgan fingerprint density at radius 1 is 1.15 bits per heavy atom. The van der Waals surface area contributed by atoms with Gasteiger partial charge in [-0.1, -0.05) is 32.8 Å². The van der Waals surface area contributed by atoms with Crippen molar-refractivity contribution in [2.75, 3.05) is 5.32 Å². The molecule has 3 rings (SSSR count). The van der Waals surface area contributed by atoms with Gasteiger partial charge in [0.15, 0.2) is 5.58 Å². The third kappa shape index (κ3) is 4.04. The second-order valence-corrected chi connectivity index (χ2v) is 6.41. The van der Waals surface area contributed by atoms with E-state index in [0.717, 1.165) is 31.2 Å². The van der Waals surface area contributed by atoms with Crippen LogP contribution < -0.4 is 5.32 Å². The van der Waals surface area contributed by atoms with Crippen molar-refractivity contribution in [3.8, 4) is 17.2 Å². The van der Waals surface area contributed by atoms with Crippen molar-refractivity contribution in [1.29, 1.82) is 0 Å². The maximum absolute atomic E-state index is 11.9. The first-order chi connectivity index (χ1) is 12.6. The van der Waals surface area contributed by atoms with Crippen molar-refractivity contribution in [2.45, 2.75) is 46.0 Å². The predicted molar refractivity (Wildman–Crippen MR) is 103 cm³/mol. The summed E-state index contributed by atoms with van der Waals surface area (Å²) in [6.07, 6.45) is 4.40. The van der Waals surface area contributed by atoms with Gasteiger partial charge in [0.2, 0.25) is 11.8 Å². The molecule has 0 bridgehead atoms. The fraction of sp³-hybridized carbons (Fsp3) is 0.333. The Morgan fingerprint density at radius 2 is 2.00 bits per heavy atom. The zero-order valence-electron chi connectivity index (χ0n) is 15.2. The van der Waals surface area contributed by atoms with Crippen molar-refractivity contribution < 1.29 is 14.3 Å². The first-order valence-corrected chi connectivity index (χ1v) is 9.13. The van der Waals surface area contributed by atoms with Crippen molar-refractivity contribution in [3.63, 3.8) is 0 Å². The number of aryl methyl sites for hydroxylation is 1. The van der Waals surface area contributed by atoms with E-state index >= 15 is 0 Å². The molecule has 3 aromatic rings. The quantitative estimate of drug-likeness (QED) is 0.567. The monoisotopic (exact) mass is 352 g/mol. The number of nitrogens with zero attached hydrogens (tertiary/aromatic N) is 1. The number of anilines is 1. The normalized spacial score (nSPS) is 11.0. The minimum absolute atomic E-state index is 0.0265.